The maximum Gasteiger partial charge on any atom is 0.200 e. The third kappa shape index (κ3) is 4.36. The molecule has 0 saturated carbocycles. The lowest BCUT2D eigenvalue weighted by molar-refractivity contribution is 0.572. The highest BCUT2D eigenvalue weighted by atomic mass is 79.9. The molecule has 0 radical (unpaired) electrons. The molecule has 1 heterocycles. The summed E-state index contributed by atoms with van der Waals surface area (Å²) < 4.78 is 3.11. The van der Waals surface area contributed by atoms with Crippen LogP contribution in [0, 0.1) is 0 Å². The first-order valence-electron chi connectivity index (χ1n) is 6.37. The Labute approximate surface area is 155 Å². The minimum Gasteiger partial charge on any atom is -0.498 e. The Kier molecular flexibility index (Phi) is 6.52. The summed E-state index contributed by atoms with van der Waals surface area (Å²) >= 11 is 13.0. The van der Waals surface area contributed by atoms with Crippen LogP contribution in [0.25, 0.3) is 10.1 Å². The number of hydrogen-bond donors (Lipinski definition) is 2. The average Bonchev–Trinajstić information content (AvgIpc) is 2.87. The van der Waals surface area contributed by atoms with Crippen LogP contribution < -0.4 is 5.73 Å². The molecule has 0 unspecified atom stereocenters. The van der Waals surface area contributed by atoms with Crippen LogP contribution in [0.15, 0.2) is 57.5 Å². The third-order valence-electron chi connectivity index (χ3n) is 2.88. The molecule has 3 N–H and O–H groups in total. The summed E-state index contributed by atoms with van der Waals surface area (Å²) in [5.41, 5.74) is 6.55. The third-order valence-corrected chi connectivity index (χ3v) is 6.00. The van der Waals surface area contributed by atoms with Crippen molar-refractivity contribution in [3.8, 4) is 0 Å². The fourth-order valence-electron chi connectivity index (χ4n) is 1.77. The van der Waals surface area contributed by atoms with Gasteiger partial charge >= 0.3 is 0 Å². The molecule has 3 rings (SSSR count). The van der Waals surface area contributed by atoms with Gasteiger partial charge in [-0.2, -0.15) is 0 Å². The van der Waals surface area contributed by atoms with E-state index < -0.39 is 0 Å². The molecule has 6 heteroatoms. The molecular formula is C16H13Br2NOS2. The number of fused-ring (bicyclic) bond motifs is 1. The zero-order valence-electron chi connectivity index (χ0n) is 11.4. The normalized spacial score (nSPS) is 10.1. The molecule has 0 bridgehead atoms. The quantitative estimate of drug-likeness (QED) is 0.476. The molecule has 2 nitrogen and oxygen atoms in total. The fourth-order valence-corrected chi connectivity index (χ4v) is 4.24. The second-order valence-corrected chi connectivity index (χ2v) is 7.52. The number of aliphatic hydroxyl groups excluding tert-OH is 1. The smallest absolute Gasteiger partial charge is 0.200 e. The van der Waals surface area contributed by atoms with E-state index in [2.05, 4.69) is 31.9 Å². The van der Waals surface area contributed by atoms with Crippen molar-refractivity contribution in [2.75, 3.05) is 0 Å². The fraction of sp³-hybridized carbons (Fsp3) is 0.0625. The van der Waals surface area contributed by atoms with Gasteiger partial charge in [-0.3, -0.25) is 0 Å². The van der Waals surface area contributed by atoms with Gasteiger partial charge < -0.3 is 10.8 Å². The van der Waals surface area contributed by atoms with E-state index in [0.717, 1.165) is 23.9 Å². The topological polar surface area (TPSA) is 46.2 Å². The van der Waals surface area contributed by atoms with Gasteiger partial charge in [-0.15, -0.1) is 11.3 Å². The summed E-state index contributed by atoms with van der Waals surface area (Å²) in [5.74, 6) is 0. The molecule has 0 saturated heterocycles. The van der Waals surface area contributed by atoms with Gasteiger partial charge in [0.15, 0.2) is 5.05 Å². The molecule has 0 spiro atoms. The molecule has 0 aliphatic rings. The van der Waals surface area contributed by atoms with Gasteiger partial charge in [0, 0.05) is 25.6 Å². The van der Waals surface area contributed by atoms with Gasteiger partial charge in [0.2, 0.25) is 0 Å². The van der Waals surface area contributed by atoms with Gasteiger partial charge in [0.05, 0.1) is 4.88 Å². The largest absolute Gasteiger partial charge is 0.498 e. The van der Waals surface area contributed by atoms with Crippen molar-refractivity contribution in [1.29, 1.82) is 0 Å². The Morgan fingerprint density at radius 2 is 1.73 bits per heavy atom. The lowest BCUT2D eigenvalue weighted by Crippen LogP contribution is -1.94. The zero-order chi connectivity index (χ0) is 16.1. The van der Waals surface area contributed by atoms with Crippen molar-refractivity contribution in [2.24, 2.45) is 5.73 Å². The maximum absolute atomic E-state index is 9.22. The van der Waals surface area contributed by atoms with Gasteiger partial charge in [0.1, 0.15) is 0 Å². The van der Waals surface area contributed by atoms with Gasteiger partial charge in [-0.1, -0.05) is 46.3 Å². The van der Waals surface area contributed by atoms with E-state index in [1.165, 1.54) is 16.9 Å². The maximum atomic E-state index is 9.22. The summed E-state index contributed by atoms with van der Waals surface area (Å²) in [4.78, 5) is 0.733. The monoisotopic (exact) mass is 457 g/mol. The van der Waals surface area contributed by atoms with Crippen molar-refractivity contribution in [3.05, 3.63) is 67.9 Å². The van der Waals surface area contributed by atoms with E-state index in [-0.39, 0.29) is 5.05 Å². The Hall–Kier alpha value is -0.790. The van der Waals surface area contributed by atoms with Crippen molar-refractivity contribution in [3.63, 3.8) is 0 Å². The Bertz CT molecular complexity index is 784. The van der Waals surface area contributed by atoms with Crippen molar-refractivity contribution in [1.82, 2.24) is 0 Å². The number of aliphatic hydroxyl groups is 1. The van der Waals surface area contributed by atoms with Crippen molar-refractivity contribution < 1.29 is 5.11 Å². The highest BCUT2D eigenvalue weighted by Gasteiger charge is 2.11. The predicted octanol–water partition coefficient (Wildman–Crippen LogP) is 5.81. The summed E-state index contributed by atoms with van der Waals surface area (Å²) in [6.45, 7) is 0.618. The molecular weight excluding hydrogens is 446 g/mol. The first-order chi connectivity index (χ1) is 10.5. The highest BCUT2D eigenvalue weighted by molar-refractivity contribution is 9.11. The van der Waals surface area contributed by atoms with E-state index in [4.69, 9.17) is 18.0 Å². The van der Waals surface area contributed by atoms with Crippen LogP contribution in [0.1, 0.15) is 10.4 Å². The summed E-state index contributed by atoms with van der Waals surface area (Å²) in [5, 5.41) is 10.3. The van der Waals surface area contributed by atoms with Crippen LogP contribution in [0.4, 0.5) is 0 Å². The minimum absolute atomic E-state index is 0.0481. The number of nitrogens with two attached hydrogens (primary N) is 1. The van der Waals surface area contributed by atoms with Crippen molar-refractivity contribution >= 4 is 70.6 Å². The zero-order valence-corrected chi connectivity index (χ0v) is 16.2. The molecule has 0 amide bonds. The molecule has 2 aromatic carbocycles. The standard InChI is InChI=1S/C9H5BrOS2.C7H8BrN/c10-7-5-3-1-2-4-6(5)13-8(7)9(11)12;8-7-3-1-6(5-9)2-4-7/h1-4H,(H,11,12);1-4H,5,9H2. The molecule has 0 aliphatic heterocycles. The van der Waals surface area contributed by atoms with Crippen LogP contribution in [0.3, 0.4) is 0 Å². The van der Waals surface area contributed by atoms with Crippen LogP contribution in [-0.4, -0.2) is 10.2 Å². The molecule has 3 aromatic rings. The number of benzene rings is 2. The molecule has 0 atom stereocenters. The van der Waals surface area contributed by atoms with Crippen molar-refractivity contribution in [2.45, 2.75) is 6.54 Å². The summed E-state index contributed by atoms with van der Waals surface area (Å²) in [6, 6.07) is 15.9. The summed E-state index contributed by atoms with van der Waals surface area (Å²) in [6.07, 6.45) is 0. The number of thiophene rings is 1. The van der Waals surface area contributed by atoms with E-state index in [1.54, 1.807) is 0 Å². The molecule has 22 heavy (non-hydrogen) atoms. The lowest BCUT2D eigenvalue weighted by atomic mass is 10.2. The predicted molar refractivity (Wildman–Crippen MR) is 106 cm³/mol. The second-order valence-electron chi connectivity index (χ2n) is 4.38. The van der Waals surface area contributed by atoms with Gasteiger partial charge in [-0.05, 0) is 51.9 Å². The van der Waals surface area contributed by atoms with E-state index in [1.807, 2.05) is 48.5 Å². The lowest BCUT2D eigenvalue weighted by Gasteiger charge is -1.93. The SMILES string of the molecule is NCc1ccc(Br)cc1.OC(=S)c1sc2ccccc2c1Br. The van der Waals surface area contributed by atoms with Gasteiger partial charge in [-0.25, -0.2) is 0 Å². The van der Waals surface area contributed by atoms with Gasteiger partial charge in [0.25, 0.3) is 0 Å². The number of hydrogen-bond acceptors (Lipinski definition) is 3. The van der Waals surface area contributed by atoms with Crippen LogP contribution in [0.5, 0.6) is 0 Å². The first-order valence-corrected chi connectivity index (χ1v) is 9.19. The number of halogens is 2. The highest BCUT2D eigenvalue weighted by Crippen LogP contribution is 2.35. The molecule has 0 aliphatic carbocycles. The number of rotatable bonds is 2. The molecule has 114 valence electrons. The minimum atomic E-state index is -0.0481. The van der Waals surface area contributed by atoms with E-state index in [9.17, 15) is 5.11 Å². The molecule has 1 aromatic heterocycles. The van der Waals surface area contributed by atoms with Crippen LogP contribution in [-0.2, 0) is 6.54 Å². The first kappa shape index (κ1) is 17.6. The number of thiocarbonyl (C=S) groups is 1. The summed E-state index contributed by atoms with van der Waals surface area (Å²) in [7, 11) is 0. The van der Waals surface area contributed by atoms with E-state index >= 15 is 0 Å². The Morgan fingerprint density at radius 1 is 1.09 bits per heavy atom. The van der Waals surface area contributed by atoms with Crippen LogP contribution in [0.2, 0.25) is 0 Å². The molecule has 0 fully saturated rings. The van der Waals surface area contributed by atoms with E-state index in [0.29, 0.717) is 6.54 Å². The Morgan fingerprint density at radius 3 is 2.27 bits per heavy atom. The average molecular weight is 459 g/mol. The Balaban J connectivity index is 0.000000172. The van der Waals surface area contributed by atoms with Crippen LogP contribution >= 0.6 is 55.4 Å². The second kappa shape index (κ2) is 8.17.